The molecule has 0 aliphatic carbocycles. The molecule has 0 radical (unpaired) electrons. The number of phenols is 1. The zero-order chi connectivity index (χ0) is 23.9. The van der Waals surface area contributed by atoms with Gasteiger partial charge in [0.15, 0.2) is 0 Å². The zero-order valence-electron chi connectivity index (χ0n) is 13.9. The highest BCUT2D eigenvalue weighted by atomic mass is 35.5. The Kier molecular flexibility index (Phi) is 5.10. The zero-order valence-corrected chi connectivity index (χ0v) is 15.5. The lowest BCUT2D eigenvalue weighted by Crippen LogP contribution is -2.13. The highest BCUT2D eigenvalue weighted by Crippen LogP contribution is 2.55. The standard InChI is InChI=1S/C16H3ClF12OS/c17-9-5(13(18,19)20)1-3-4-2-6(14(21,22)23)10(30)8(16(27,28)29)12(4)31-11(3)7(9)15(24,25)26/h1-2,30H. The van der Waals surface area contributed by atoms with Crippen LogP contribution >= 0.6 is 22.9 Å². The van der Waals surface area contributed by atoms with Gasteiger partial charge in [-0.2, -0.15) is 52.7 Å². The smallest absolute Gasteiger partial charge is 0.421 e. The molecule has 0 atom stereocenters. The van der Waals surface area contributed by atoms with E-state index in [4.69, 9.17) is 11.6 Å². The number of fused-ring (bicyclic) bond motifs is 3. The minimum atomic E-state index is -5.68. The Morgan fingerprint density at radius 3 is 1.39 bits per heavy atom. The first-order valence-electron chi connectivity index (χ1n) is 7.49. The van der Waals surface area contributed by atoms with Gasteiger partial charge in [-0.05, 0) is 12.1 Å². The predicted octanol–water partition coefficient (Wildman–Crippen LogP) is 8.49. The summed E-state index contributed by atoms with van der Waals surface area (Å²) in [5, 5.41) is 5.34. The molecule has 1 N–H and O–H groups in total. The molecule has 1 aromatic heterocycles. The molecule has 0 unspecified atom stereocenters. The number of thiophene rings is 1. The highest BCUT2D eigenvalue weighted by Gasteiger charge is 2.46. The number of phenolic OH excluding ortho intramolecular Hbond substituents is 1. The molecule has 3 aromatic rings. The second kappa shape index (κ2) is 6.70. The molecule has 0 fully saturated rings. The SMILES string of the molecule is Oc1c(C(F)(F)F)cc2c(sc3c(C(F)(F)F)c(Cl)c(C(F)(F)F)cc32)c1C(F)(F)F. The molecular weight excluding hydrogens is 504 g/mol. The van der Waals surface area contributed by atoms with Crippen LogP contribution in [0.3, 0.4) is 0 Å². The number of aromatic hydroxyl groups is 1. The van der Waals surface area contributed by atoms with Crippen LogP contribution in [0, 0.1) is 0 Å². The summed E-state index contributed by atoms with van der Waals surface area (Å²) >= 11 is 4.88. The Hall–Kier alpha value is -2.09. The van der Waals surface area contributed by atoms with Gasteiger partial charge in [-0.3, -0.25) is 0 Å². The molecule has 0 saturated heterocycles. The summed E-state index contributed by atoms with van der Waals surface area (Å²) in [6.45, 7) is 0. The van der Waals surface area contributed by atoms with E-state index < -0.39 is 77.9 Å². The van der Waals surface area contributed by atoms with Crippen molar-refractivity contribution in [1.82, 2.24) is 0 Å². The first kappa shape index (κ1) is 23.6. The van der Waals surface area contributed by atoms with Crippen molar-refractivity contribution >= 4 is 43.1 Å². The van der Waals surface area contributed by atoms with Gasteiger partial charge >= 0.3 is 24.7 Å². The minimum Gasteiger partial charge on any atom is -0.507 e. The highest BCUT2D eigenvalue weighted by molar-refractivity contribution is 7.26. The number of alkyl halides is 12. The van der Waals surface area contributed by atoms with Crippen molar-refractivity contribution in [3.8, 4) is 5.75 Å². The van der Waals surface area contributed by atoms with Crippen LogP contribution in [0.4, 0.5) is 52.7 Å². The Bertz CT molecular complexity index is 1100. The van der Waals surface area contributed by atoms with Gasteiger partial charge in [-0.25, -0.2) is 0 Å². The van der Waals surface area contributed by atoms with E-state index in [1.165, 1.54) is 0 Å². The number of hydrogen-bond acceptors (Lipinski definition) is 2. The maximum absolute atomic E-state index is 13.5. The fraction of sp³-hybridized carbons (Fsp3) is 0.250. The monoisotopic (exact) mass is 506 g/mol. The van der Waals surface area contributed by atoms with Crippen molar-refractivity contribution in [3.63, 3.8) is 0 Å². The van der Waals surface area contributed by atoms with E-state index in [0.29, 0.717) is 0 Å². The van der Waals surface area contributed by atoms with Crippen molar-refractivity contribution in [2.45, 2.75) is 24.7 Å². The molecule has 2 aromatic carbocycles. The lowest BCUT2D eigenvalue weighted by molar-refractivity contribution is -0.145. The van der Waals surface area contributed by atoms with Crippen LogP contribution in [-0.2, 0) is 24.7 Å². The number of hydrogen-bond donors (Lipinski definition) is 1. The van der Waals surface area contributed by atoms with Gasteiger partial charge in [0, 0.05) is 15.5 Å². The van der Waals surface area contributed by atoms with Gasteiger partial charge in [0.05, 0.1) is 26.4 Å². The Balaban J connectivity index is 2.69. The average Bonchev–Trinajstić information content (AvgIpc) is 2.85. The van der Waals surface area contributed by atoms with Crippen LogP contribution in [0.25, 0.3) is 20.2 Å². The quantitative estimate of drug-likeness (QED) is 0.303. The molecule has 0 amide bonds. The van der Waals surface area contributed by atoms with Gasteiger partial charge in [0.25, 0.3) is 0 Å². The van der Waals surface area contributed by atoms with Gasteiger partial charge < -0.3 is 5.11 Å². The summed E-state index contributed by atoms with van der Waals surface area (Å²) in [5.41, 5.74) is -8.84. The summed E-state index contributed by atoms with van der Waals surface area (Å²) in [6, 6.07) is -0.184. The molecular formula is C16H3ClF12OS. The largest absolute Gasteiger partial charge is 0.507 e. The van der Waals surface area contributed by atoms with Crippen LogP contribution in [0.2, 0.25) is 5.02 Å². The van der Waals surface area contributed by atoms with E-state index in [9.17, 15) is 57.8 Å². The summed E-state index contributed by atoms with van der Waals surface area (Å²) < 4.78 is 157. The lowest BCUT2D eigenvalue weighted by Gasteiger charge is -2.16. The first-order chi connectivity index (χ1) is 13.8. The van der Waals surface area contributed by atoms with Crippen molar-refractivity contribution in [2.75, 3.05) is 0 Å². The van der Waals surface area contributed by atoms with E-state index >= 15 is 0 Å². The van der Waals surface area contributed by atoms with E-state index in [0.717, 1.165) is 0 Å². The number of rotatable bonds is 0. The second-order valence-corrected chi connectivity index (χ2v) is 7.51. The molecule has 31 heavy (non-hydrogen) atoms. The van der Waals surface area contributed by atoms with Gasteiger partial charge in [0.2, 0.25) is 0 Å². The van der Waals surface area contributed by atoms with Gasteiger partial charge in [0.1, 0.15) is 11.3 Å². The fourth-order valence-corrected chi connectivity index (χ4v) is 4.77. The molecule has 0 bridgehead atoms. The topological polar surface area (TPSA) is 20.2 Å². The van der Waals surface area contributed by atoms with Crippen molar-refractivity contribution < 1.29 is 57.8 Å². The van der Waals surface area contributed by atoms with E-state index in [2.05, 4.69) is 0 Å². The number of benzene rings is 2. The molecule has 1 nitrogen and oxygen atoms in total. The second-order valence-electron chi connectivity index (χ2n) is 6.11. The summed E-state index contributed by atoms with van der Waals surface area (Å²) in [7, 11) is 0. The van der Waals surface area contributed by atoms with Crippen LogP contribution in [0.5, 0.6) is 5.75 Å². The normalized spacial score (nSPS) is 14.1. The Morgan fingerprint density at radius 1 is 0.613 bits per heavy atom. The van der Waals surface area contributed by atoms with E-state index in [1.807, 2.05) is 0 Å². The summed E-state index contributed by atoms with van der Waals surface area (Å²) in [5.74, 6) is -2.31. The molecule has 3 rings (SSSR count). The molecule has 0 aliphatic heterocycles. The molecule has 15 heteroatoms. The molecule has 0 saturated carbocycles. The first-order valence-corrected chi connectivity index (χ1v) is 8.69. The van der Waals surface area contributed by atoms with E-state index in [-0.39, 0.29) is 23.5 Å². The third kappa shape index (κ3) is 3.83. The third-order valence-corrected chi connectivity index (χ3v) is 5.79. The predicted molar refractivity (Wildman–Crippen MR) is 86.0 cm³/mol. The van der Waals surface area contributed by atoms with Crippen molar-refractivity contribution in [2.24, 2.45) is 0 Å². The van der Waals surface area contributed by atoms with E-state index in [1.54, 1.807) is 0 Å². The fourth-order valence-electron chi connectivity index (χ4n) is 2.95. The minimum absolute atomic E-state index is 0.0525. The van der Waals surface area contributed by atoms with Crippen LogP contribution in [0.15, 0.2) is 12.1 Å². The average molecular weight is 507 g/mol. The molecule has 1 heterocycles. The Morgan fingerprint density at radius 2 is 1.00 bits per heavy atom. The van der Waals surface area contributed by atoms with Crippen molar-refractivity contribution in [3.05, 3.63) is 39.4 Å². The van der Waals surface area contributed by atoms with Crippen molar-refractivity contribution in [1.29, 1.82) is 0 Å². The Labute approximate surface area is 171 Å². The number of halogens is 13. The molecule has 0 spiro atoms. The van der Waals surface area contributed by atoms with Crippen LogP contribution in [-0.4, -0.2) is 5.11 Å². The lowest BCUT2D eigenvalue weighted by atomic mass is 9.99. The third-order valence-electron chi connectivity index (χ3n) is 4.14. The summed E-state index contributed by atoms with van der Waals surface area (Å²) in [6.07, 6.45) is -22.4. The summed E-state index contributed by atoms with van der Waals surface area (Å²) in [4.78, 5) is 0. The van der Waals surface area contributed by atoms with Gasteiger partial charge in [-0.15, -0.1) is 11.3 Å². The maximum atomic E-state index is 13.5. The van der Waals surface area contributed by atoms with Crippen LogP contribution < -0.4 is 0 Å². The maximum Gasteiger partial charge on any atom is 0.421 e. The van der Waals surface area contributed by atoms with Gasteiger partial charge in [-0.1, -0.05) is 11.6 Å². The van der Waals surface area contributed by atoms with Crippen LogP contribution in [0.1, 0.15) is 22.3 Å². The molecule has 170 valence electrons. The molecule has 0 aliphatic rings.